The number of rotatable bonds is 4. The number of benzene rings is 1. The predicted octanol–water partition coefficient (Wildman–Crippen LogP) is 3.04. The Morgan fingerprint density at radius 3 is 2.71 bits per heavy atom. The molecule has 0 spiro atoms. The van der Waals surface area contributed by atoms with Crippen LogP contribution in [0.15, 0.2) is 18.2 Å². The second kappa shape index (κ2) is 4.83. The summed E-state index contributed by atoms with van der Waals surface area (Å²) in [5, 5.41) is 0.559. The van der Waals surface area contributed by atoms with Gasteiger partial charge in [-0.3, -0.25) is 0 Å². The van der Waals surface area contributed by atoms with Crippen molar-refractivity contribution in [3.05, 3.63) is 29.0 Å². The Labute approximate surface area is 107 Å². The van der Waals surface area contributed by atoms with Gasteiger partial charge in [-0.25, -0.2) is 4.39 Å². The Kier molecular flexibility index (Phi) is 3.59. The lowest BCUT2D eigenvalue weighted by molar-refractivity contribution is 0.154. The van der Waals surface area contributed by atoms with E-state index in [9.17, 15) is 4.39 Å². The van der Waals surface area contributed by atoms with Gasteiger partial charge in [0.2, 0.25) is 0 Å². The minimum Gasteiger partial charge on any atom is -0.372 e. The minimum absolute atomic E-state index is 0.170. The molecule has 2 rings (SSSR count). The molecule has 0 unspecified atom stereocenters. The fraction of sp³-hybridized carbons (Fsp3) is 0.538. The van der Waals surface area contributed by atoms with E-state index < -0.39 is 0 Å². The van der Waals surface area contributed by atoms with Crippen LogP contribution in [0.4, 0.5) is 10.1 Å². The summed E-state index contributed by atoms with van der Waals surface area (Å²) in [7, 11) is 1.89. The SMILES string of the molecule is CN(CC1(CN)CCC1)c1cc(Cl)ccc1F. The van der Waals surface area contributed by atoms with Crippen molar-refractivity contribution < 1.29 is 4.39 Å². The minimum atomic E-state index is -0.233. The van der Waals surface area contributed by atoms with Crippen LogP contribution >= 0.6 is 11.6 Å². The van der Waals surface area contributed by atoms with Crippen LogP contribution in [0.1, 0.15) is 19.3 Å². The lowest BCUT2D eigenvalue weighted by Gasteiger charge is -2.44. The number of hydrogen-bond donors (Lipinski definition) is 1. The van der Waals surface area contributed by atoms with Gasteiger partial charge < -0.3 is 10.6 Å². The first-order valence-electron chi connectivity index (χ1n) is 5.93. The van der Waals surface area contributed by atoms with E-state index in [0.29, 0.717) is 17.3 Å². The highest BCUT2D eigenvalue weighted by Gasteiger charge is 2.36. The van der Waals surface area contributed by atoms with Gasteiger partial charge in [0.1, 0.15) is 5.82 Å². The molecule has 0 saturated heterocycles. The van der Waals surface area contributed by atoms with Gasteiger partial charge in [0.25, 0.3) is 0 Å². The molecule has 1 aliphatic rings. The lowest BCUT2D eigenvalue weighted by Crippen LogP contribution is -2.46. The zero-order chi connectivity index (χ0) is 12.5. The Bertz CT molecular complexity index is 399. The van der Waals surface area contributed by atoms with Crippen LogP contribution in [0.5, 0.6) is 0 Å². The second-order valence-electron chi connectivity index (χ2n) is 5.01. The molecule has 2 N–H and O–H groups in total. The van der Waals surface area contributed by atoms with Gasteiger partial charge in [-0.05, 0) is 37.6 Å². The van der Waals surface area contributed by atoms with Gasteiger partial charge in [0, 0.05) is 24.0 Å². The molecule has 1 fully saturated rings. The van der Waals surface area contributed by atoms with E-state index in [4.69, 9.17) is 17.3 Å². The summed E-state index contributed by atoms with van der Waals surface area (Å²) in [4.78, 5) is 1.92. The smallest absolute Gasteiger partial charge is 0.146 e. The Balaban J connectivity index is 2.13. The van der Waals surface area contributed by atoms with E-state index in [0.717, 1.165) is 19.4 Å². The van der Waals surface area contributed by atoms with Gasteiger partial charge >= 0.3 is 0 Å². The fourth-order valence-corrected chi connectivity index (χ4v) is 2.64. The van der Waals surface area contributed by atoms with Crippen LogP contribution in [-0.2, 0) is 0 Å². The third-order valence-corrected chi connectivity index (χ3v) is 3.97. The van der Waals surface area contributed by atoms with E-state index >= 15 is 0 Å². The van der Waals surface area contributed by atoms with E-state index in [-0.39, 0.29) is 11.2 Å². The quantitative estimate of drug-likeness (QED) is 0.897. The number of nitrogens with two attached hydrogens (primary N) is 1. The Hall–Kier alpha value is -0.800. The first-order valence-corrected chi connectivity index (χ1v) is 6.30. The molecule has 0 heterocycles. The van der Waals surface area contributed by atoms with Crippen molar-refractivity contribution in [1.29, 1.82) is 0 Å². The average molecular weight is 257 g/mol. The number of halogens is 2. The third-order valence-electron chi connectivity index (χ3n) is 3.74. The van der Waals surface area contributed by atoms with Crippen LogP contribution in [0.3, 0.4) is 0 Å². The first kappa shape index (κ1) is 12.7. The molecular weight excluding hydrogens is 239 g/mol. The van der Waals surface area contributed by atoms with Gasteiger partial charge in [-0.15, -0.1) is 0 Å². The highest BCUT2D eigenvalue weighted by Crippen LogP contribution is 2.41. The van der Waals surface area contributed by atoms with Crippen LogP contribution in [0.2, 0.25) is 5.02 Å². The summed E-state index contributed by atoms with van der Waals surface area (Å²) in [6.07, 6.45) is 3.50. The van der Waals surface area contributed by atoms with Gasteiger partial charge in [0.15, 0.2) is 0 Å². The molecule has 0 radical (unpaired) electrons. The molecule has 94 valence electrons. The maximum absolute atomic E-state index is 13.7. The largest absolute Gasteiger partial charge is 0.372 e. The zero-order valence-corrected chi connectivity index (χ0v) is 10.8. The summed E-state index contributed by atoms with van der Waals surface area (Å²) in [5.41, 5.74) is 6.54. The molecule has 1 aliphatic carbocycles. The molecule has 17 heavy (non-hydrogen) atoms. The number of hydrogen-bond acceptors (Lipinski definition) is 2. The molecule has 1 saturated carbocycles. The van der Waals surface area contributed by atoms with Gasteiger partial charge in [-0.1, -0.05) is 18.0 Å². The van der Waals surface area contributed by atoms with E-state index in [1.54, 1.807) is 12.1 Å². The van der Waals surface area contributed by atoms with Crippen molar-refractivity contribution in [3.63, 3.8) is 0 Å². The Morgan fingerprint density at radius 2 is 2.18 bits per heavy atom. The molecule has 0 aliphatic heterocycles. The molecule has 4 heteroatoms. The summed E-state index contributed by atoms with van der Waals surface area (Å²) < 4.78 is 13.7. The highest BCUT2D eigenvalue weighted by molar-refractivity contribution is 6.30. The molecule has 1 aromatic carbocycles. The van der Waals surface area contributed by atoms with Gasteiger partial charge in [0.05, 0.1) is 5.69 Å². The van der Waals surface area contributed by atoms with Crippen molar-refractivity contribution in [2.24, 2.45) is 11.1 Å². The van der Waals surface area contributed by atoms with Crippen LogP contribution in [-0.4, -0.2) is 20.1 Å². The van der Waals surface area contributed by atoms with Crippen molar-refractivity contribution in [2.45, 2.75) is 19.3 Å². The predicted molar refractivity (Wildman–Crippen MR) is 70.0 cm³/mol. The van der Waals surface area contributed by atoms with Crippen LogP contribution in [0.25, 0.3) is 0 Å². The molecule has 0 amide bonds. The molecular formula is C13H18ClFN2. The topological polar surface area (TPSA) is 29.3 Å². The van der Waals surface area contributed by atoms with Crippen LogP contribution < -0.4 is 10.6 Å². The zero-order valence-electron chi connectivity index (χ0n) is 10.0. The van der Waals surface area contributed by atoms with Crippen molar-refractivity contribution in [2.75, 3.05) is 25.0 Å². The standard InChI is InChI=1S/C13H18ClFN2/c1-17(9-13(8-16)5-2-6-13)12-7-10(14)3-4-11(12)15/h3-4,7H,2,5-6,8-9,16H2,1H3. The van der Waals surface area contributed by atoms with Crippen molar-refractivity contribution in [1.82, 2.24) is 0 Å². The van der Waals surface area contributed by atoms with Crippen molar-refractivity contribution >= 4 is 17.3 Å². The molecule has 0 atom stereocenters. The molecule has 2 nitrogen and oxygen atoms in total. The summed E-state index contributed by atoms with van der Waals surface area (Å²) >= 11 is 5.90. The fourth-order valence-electron chi connectivity index (χ4n) is 2.47. The van der Waals surface area contributed by atoms with E-state index in [2.05, 4.69) is 0 Å². The summed E-state index contributed by atoms with van der Waals surface area (Å²) in [5.74, 6) is -0.233. The van der Waals surface area contributed by atoms with Crippen LogP contribution in [0, 0.1) is 11.2 Å². The third kappa shape index (κ3) is 2.55. The summed E-state index contributed by atoms with van der Waals surface area (Å²) in [6.45, 7) is 1.46. The molecule has 0 aromatic heterocycles. The maximum Gasteiger partial charge on any atom is 0.146 e. The molecule has 0 bridgehead atoms. The number of nitrogens with zero attached hydrogens (tertiary/aromatic N) is 1. The molecule has 1 aromatic rings. The average Bonchev–Trinajstić information content (AvgIpc) is 2.26. The highest BCUT2D eigenvalue weighted by atomic mass is 35.5. The second-order valence-corrected chi connectivity index (χ2v) is 5.45. The monoisotopic (exact) mass is 256 g/mol. The maximum atomic E-state index is 13.7. The van der Waals surface area contributed by atoms with Gasteiger partial charge in [-0.2, -0.15) is 0 Å². The van der Waals surface area contributed by atoms with Crippen molar-refractivity contribution in [3.8, 4) is 0 Å². The number of anilines is 1. The summed E-state index contributed by atoms with van der Waals surface area (Å²) in [6, 6.07) is 4.64. The lowest BCUT2D eigenvalue weighted by atomic mass is 9.68. The Morgan fingerprint density at radius 1 is 1.47 bits per heavy atom. The first-order chi connectivity index (χ1) is 8.06. The normalized spacial score (nSPS) is 17.6. The van der Waals surface area contributed by atoms with E-state index in [1.165, 1.54) is 12.5 Å². The van der Waals surface area contributed by atoms with E-state index in [1.807, 2.05) is 11.9 Å².